The Balaban J connectivity index is 2.26. The largest absolute Gasteiger partial charge is 0.493 e. The van der Waals surface area contributed by atoms with E-state index in [1.165, 1.54) is 0 Å². The number of fused-ring (bicyclic) bond motifs is 1. The Bertz CT molecular complexity index is 976. The Morgan fingerprint density at radius 3 is 2.07 bits per heavy atom. The van der Waals surface area contributed by atoms with Gasteiger partial charge in [0.2, 0.25) is 0 Å². The quantitative estimate of drug-likeness (QED) is 0.639. The molecule has 0 aliphatic carbocycles. The maximum absolute atomic E-state index is 5.47. The van der Waals surface area contributed by atoms with Gasteiger partial charge < -0.3 is 24.3 Å². The topological polar surface area (TPSA) is 74.7 Å². The van der Waals surface area contributed by atoms with Crippen molar-refractivity contribution < 1.29 is 18.9 Å². The van der Waals surface area contributed by atoms with Crippen LogP contribution in [0.5, 0.6) is 23.0 Å². The molecule has 1 aromatic heterocycles. The highest BCUT2D eigenvalue weighted by molar-refractivity contribution is 5.94. The van der Waals surface area contributed by atoms with E-state index in [1.54, 1.807) is 28.4 Å². The average Bonchev–Trinajstić information content (AvgIpc) is 2.75. The van der Waals surface area contributed by atoms with E-state index in [9.17, 15) is 0 Å². The lowest BCUT2D eigenvalue weighted by Crippen LogP contribution is -2.14. The number of rotatable bonds is 8. The molecule has 0 unspecified atom stereocenters. The van der Waals surface area contributed by atoms with Gasteiger partial charge in [-0.3, -0.25) is 0 Å². The van der Waals surface area contributed by atoms with Crippen LogP contribution in [0.1, 0.15) is 12.7 Å². The van der Waals surface area contributed by atoms with Crippen molar-refractivity contribution in [3.63, 3.8) is 0 Å². The molecule has 1 heterocycles. The molecule has 1 N–H and O–H groups in total. The van der Waals surface area contributed by atoms with Crippen LogP contribution in [0.3, 0.4) is 0 Å². The van der Waals surface area contributed by atoms with Gasteiger partial charge in [-0.25, -0.2) is 9.97 Å². The Morgan fingerprint density at radius 1 is 0.786 bits per heavy atom. The lowest BCUT2D eigenvalue weighted by Gasteiger charge is -2.14. The van der Waals surface area contributed by atoms with Crippen molar-refractivity contribution >= 4 is 10.9 Å². The van der Waals surface area contributed by atoms with Gasteiger partial charge >= 0.3 is 0 Å². The summed E-state index contributed by atoms with van der Waals surface area (Å²) in [5.41, 5.74) is 2.47. The summed E-state index contributed by atoms with van der Waals surface area (Å²) in [6.45, 7) is 3.45. The highest BCUT2D eigenvalue weighted by Crippen LogP contribution is 2.38. The van der Waals surface area contributed by atoms with E-state index in [0.717, 1.165) is 28.7 Å². The number of aromatic nitrogens is 2. The van der Waals surface area contributed by atoms with Gasteiger partial charge in [0.1, 0.15) is 5.82 Å². The van der Waals surface area contributed by atoms with Crippen molar-refractivity contribution in [2.24, 2.45) is 0 Å². The summed E-state index contributed by atoms with van der Waals surface area (Å²) in [4.78, 5) is 9.50. The van der Waals surface area contributed by atoms with Crippen LogP contribution in [0, 0.1) is 0 Å². The number of nitrogens with one attached hydrogen (secondary N) is 1. The van der Waals surface area contributed by atoms with Gasteiger partial charge in [0, 0.05) is 17.0 Å². The van der Waals surface area contributed by atoms with Gasteiger partial charge in [0.15, 0.2) is 23.0 Å². The molecule has 7 heteroatoms. The summed E-state index contributed by atoms with van der Waals surface area (Å²) >= 11 is 0. The molecule has 3 aromatic rings. The van der Waals surface area contributed by atoms with Crippen molar-refractivity contribution in [3.8, 4) is 34.3 Å². The molecule has 7 nitrogen and oxygen atoms in total. The van der Waals surface area contributed by atoms with Crippen LogP contribution in [0.2, 0.25) is 0 Å². The van der Waals surface area contributed by atoms with Crippen molar-refractivity contribution in [1.29, 1.82) is 0 Å². The zero-order chi connectivity index (χ0) is 20.1. The first kappa shape index (κ1) is 19.7. The number of methoxy groups -OCH3 is 4. The van der Waals surface area contributed by atoms with Gasteiger partial charge in [-0.1, -0.05) is 6.92 Å². The summed E-state index contributed by atoms with van der Waals surface area (Å²) in [7, 11) is 6.45. The Kier molecular flexibility index (Phi) is 6.16. The predicted octanol–water partition coefficient (Wildman–Crippen LogP) is 3.44. The fraction of sp³-hybridized carbons (Fsp3) is 0.333. The van der Waals surface area contributed by atoms with E-state index >= 15 is 0 Å². The normalized spacial score (nSPS) is 10.8. The van der Waals surface area contributed by atoms with E-state index < -0.39 is 0 Å². The SMILES string of the molecule is CCNCc1nc(-c2ccc(OC)c(OC)c2)c2cc(OC)c(OC)cc2n1. The van der Waals surface area contributed by atoms with Crippen LogP contribution in [0.15, 0.2) is 30.3 Å². The molecule has 28 heavy (non-hydrogen) atoms. The van der Waals surface area contributed by atoms with Gasteiger partial charge in [-0.15, -0.1) is 0 Å². The summed E-state index contributed by atoms with van der Waals surface area (Å²) in [6, 6.07) is 9.50. The minimum atomic E-state index is 0.571. The first-order chi connectivity index (χ1) is 13.6. The maximum Gasteiger partial charge on any atom is 0.162 e. The second kappa shape index (κ2) is 8.75. The number of nitrogens with zero attached hydrogens (tertiary/aromatic N) is 2. The molecular formula is C21H25N3O4. The standard InChI is InChI=1S/C21H25N3O4/c1-6-22-12-20-23-15-11-19(28-5)18(27-4)10-14(15)21(24-20)13-7-8-16(25-2)17(9-13)26-3/h7-11,22H,6,12H2,1-5H3. The van der Waals surface area contributed by atoms with Crippen LogP contribution in [-0.2, 0) is 6.54 Å². The minimum Gasteiger partial charge on any atom is -0.493 e. The van der Waals surface area contributed by atoms with Gasteiger partial charge in [0.05, 0.1) is 46.2 Å². The van der Waals surface area contributed by atoms with E-state index in [-0.39, 0.29) is 0 Å². The first-order valence-electron chi connectivity index (χ1n) is 9.00. The number of hydrogen-bond acceptors (Lipinski definition) is 7. The molecule has 148 valence electrons. The molecule has 0 amide bonds. The maximum atomic E-state index is 5.47. The molecular weight excluding hydrogens is 358 g/mol. The van der Waals surface area contributed by atoms with E-state index in [1.807, 2.05) is 37.3 Å². The molecule has 0 atom stereocenters. The van der Waals surface area contributed by atoms with Crippen LogP contribution in [0.4, 0.5) is 0 Å². The molecule has 0 fully saturated rings. The molecule has 0 spiro atoms. The van der Waals surface area contributed by atoms with Crippen LogP contribution in [0.25, 0.3) is 22.2 Å². The summed E-state index contributed by atoms with van der Waals surface area (Å²) < 4.78 is 21.7. The van der Waals surface area contributed by atoms with Crippen molar-refractivity contribution in [2.45, 2.75) is 13.5 Å². The van der Waals surface area contributed by atoms with E-state index in [4.69, 9.17) is 28.9 Å². The van der Waals surface area contributed by atoms with Crippen molar-refractivity contribution in [2.75, 3.05) is 35.0 Å². The number of benzene rings is 2. The summed E-state index contributed by atoms with van der Waals surface area (Å²) in [5.74, 6) is 3.25. The second-order valence-electron chi connectivity index (χ2n) is 6.06. The molecule has 0 saturated carbocycles. The van der Waals surface area contributed by atoms with Gasteiger partial charge in [-0.05, 0) is 30.8 Å². The minimum absolute atomic E-state index is 0.571. The lowest BCUT2D eigenvalue weighted by molar-refractivity contribution is 0.355. The fourth-order valence-corrected chi connectivity index (χ4v) is 3.02. The third kappa shape index (κ3) is 3.80. The summed E-state index contributed by atoms with van der Waals surface area (Å²) in [5, 5.41) is 4.14. The highest BCUT2D eigenvalue weighted by Gasteiger charge is 2.16. The smallest absolute Gasteiger partial charge is 0.162 e. The molecule has 0 radical (unpaired) electrons. The monoisotopic (exact) mass is 383 g/mol. The van der Waals surface area contributed by atoms with Crippen molar-refractivity contribution in [3.05, 3.63) is 36.2 Å². The third-order valence-corrected chi connectivity index (χ3v) is 4.44. The first-order valence-corrected chi connectivity index (χ1v) is 9.00. The molecule has 2 aromatic carbocycles. The Labute approximate surface area is 164 Å². The zero-order valence-corrected chi connectivity index (χ0v) is 16.8. The average molecular weight is 383 g/mol. The Morgan fingerprint density at radius 2 is 1.43 bits per heavy atom. The number of hydrogen-bond donors (Lipinski definition) is 1. The molecule has 0 saturated heterocycles. The molecule has 3 rings (SSSR count). The molecule has 0 aliphatic rings. The molecule has 0 aliphatic heterocycles. The highest BCUT2D eigenvalue weighted by atomic mass is 16.5. The van der Waals surface area contributed by atoms with Crippen LogP contribution < -0.4 is 24.3 Å². The van der Waals surface area contributed by atoms with Crippen LogP contribution >= 0.6 is 0 Å². The zero-order valence-electron chi connectivity index (χ0n) is 16.8. The second-order valence-corrected chi connectivity index (χ2v) is 6.06. The van der Waals surface area contributed by atoms with E-state index in [0.29, 0.717) is 35.4 Å². The Hall–Kier alpha value is -3.06. The van der Waals surface area contributed by atoms with Crippen molar-refractivity contribution in [1.82, 2.24) is 15.3 Å². The van der Waals surface area contributed by atoms with E-state index in [2.05, 4.69) is 5.32 Å². The van der Waals surface area contributed by atoms with Gasteiger partial charge in [-0.2, -0.15) is 0 Å². The van der Waals surface area contributed by atoms with Gasteiger partial charge in [0.25, 0.3) is 0 Å². The fourth-order valence-electron chi connectivity index (χ4n) is 3.02. The predicted molar refractivity (Wildman–Crippen MR) is 109 cm³/mol. The third-order valence-electron chi connectivity index (χ3n) is 4.44. The molecule has 0 bridgehead atoms. The lowest BCUT2D eigenvalue weighted by atomic mass is 10.0. The van der Waals surface area contributed by atoms with Crippen LogP contribution in [-0.4, -0.2) is 45.0 Å². The summed E-state index contributed by atoms with van der Waals surface area (Å²) in [6.07, 6.45) is 0. The number of ether oxygens (including phenoxy) is 4.